The van der Waals surface area contributed by atoms with E-state index in [1.54, 1.807) is 12.1 Å². The highest BCUT2D eigenvalue weighted by Crippen LogP contribution is 2.37. The van der Waals surface area contributed by atoms with Crippen LogP contribution in [0.3, 0.4) is 0 Å². The number of phenols is 1. The topological polar surface area (TPSA) is 29.5 Å². The summed E-state index contributed by atoms with van der Waals surface area (Å²) in [7, 11) is 0. The minimum Gasteiger partial charge on any atom is -0.508 e. The van der Waals surface area contributed by atoms with E-state index >= 15 is 0 Å². The number of phenolic OH excluding ortho intramolecular Hbond substituents is 1. The zero-order valence-electron chi connectivity index (χ0n) is 11.3. The lowest BCUT2D eigenvalue weighted by Gasteiger charge is -2.27. The molecular formula is C17H18O2. The number of rotatable bonds is 4. The van der Waals surface area contributed by atoms with Crippen LogP contribution in [0.2, 0.25) is 0 Å². The van der Waals surface area contributed by atoms with Gasteiger partial charge in [-0.25, -0.2) is 0 Å². The van der Waals surface area contributed by atoms with Crippen molar-refractivity contribution >= 4 is 0 Å². The number of ether oxygens (including phenoxy) is 1. The molecule has 0 aromatic heterocycles. The molecule has 2 aromatic carbocycles. The highest BCUT2D eigenvalue weighted by molar-refractivity contribution is 5.46. The average molecular weight is 254 g/mol. The van der Waals surface area contributed by atoms with Gasteiger partial charge in [-0.2, -0.15) is 0 Å². The predicted molar refractivity (Wildman–Crippen MR) is 77.5 cm³/mol. The molecule has 0 heterocycles. The lowest BCUT2D eigenvalue weighted by atomic mass is 9.77. The van der Waals surface area contributed by atoms with Crippen LogP contribution in [0.5, 0.6) is 11.5 Å². The summed E-state index contributed by atoms with van der Waals surface area (Å²) in [5.74, 6) is 1.07. The molecule has 0 aliphatic rings. The fourth-order valence-electron chi connectivity index (χ4n) is 2.21. The van der Waals surface area contributed by atoms with Crippen molar-refractivity contribution in [2.24, 2.45) is 0 Å². The lowest BCUT2D eigenvalue weighted by molar-refractivity contribution is 0.461. The number of para-hydroxylation sites is 1. The van der Waals surface area contributed by atoms with Crippen LogP contribution in [-0.2, 0) is 5.41 Å². The van der Waals surface area contributed by atoms with Crippen molar-refractivity contribution in [1.82, 2.24) is 0 Å². The first-order valence-electron chi connectivity index (χ1n) is 6.22. The Morgan fingerprint density at radius 1 is 1.05 bits per heavy atom. The second kappa shape index (κ2) is 5.19. The lowest BCUT2D eigenvalue weighted by Crippen LogP contribution is -2.19. The Labute approximate surface area is 114 Å². The third kappa shape index (κ3) is 2.63. The van der Waals surface area contributed by atoms with Crippen LogP contribution in [0, 0.1) is 0 Å². The molecule has 98 valence electrons. The van der Waals surface area contributed by atoms with Crippen LogP contribution >= 0.6 is 0 Å². The highest BCUT2D eigenvalue weighted by Gasteiger charge is 2.26. The molecule has 0 spiro atoms. The van der Waals surface area contributed by atoms with Gasteiger partial charge in [0.1, 0.15) is 11.5 Å². The number of benzene rings is 2. The van der Waals surface area contributed by atoms with Gasteiger partial charge in [0.25, 0.3) is 0 Å². The summed E-state index contributed by atoms with van der Waals surface area (Å²) in [5, 5.41) is 9.39. The molecule has 0 amide bonds. The molecule has 0 unspecified atom stereocenters. The molecule has 0 bridgehead atoms. The second-order valence-corrected chi connectivity index (χ2v) is 4.95. The van der Waals surface area contributed by atoms with E-state index in [4.69, 9.17) is 4.74 Å². The van der Waals surface area contributed by atoms with Gasteiger partial charge in [-0.3, -0.25) is 0 Å². The first kappa shape index (κ1) is 13.2. The molecule has 0 saturated carbocycles. The van der Waals surface area contributed by atoms with Crippen molar-refractivity contribution in [2.45, 2.75) is 19.3 Å². The summed E-state index contributed by atoms with van der Waals surface area (Å²) in [6.45, 7) is 7.87. The Balaban J connectivity index is 2.49. The molecule has 0 aliphatic carbocycles. The van der Waals surface area contributed by atoms with Gasteiger partial charge in [0.05, 0.1) is 6.26 Å². The first-order valence-corrected chi connectivity index (χ1v) is 6.22. The smallest absolute Gasteiger partial charge is 0.130 e. The zero-order valence-corrected chi connectivity index (χ0v) is 11.3. The summed E-state index contributed by atoms with van der Waals surface area (Å²) in [6, 6.07) is 15.2. The summed E-state index contributed by atoms with van der Waals surface area (Å²) in [6.07, 6.45) is 1.44. The number of hydrogen-bond acceptors (Lipinski definition) is 2. The van der Waals surface area contributed by atoms with E-state index in [9.17, 15) is 5.11 Å². The summed E-state index contributed by atoms with van der Waals surface area (Å²) >= 11 is 0. The third-order valence-corrected chi connectivity index (χ3v) is 3.36. The largest absolute Gasteiger partial charge is 0.508 e. The summed E-state index contributed by atoms with van der Waals surface area (Å²) < 4.78 is 5.48. The molecule has 2 nitrogen and oxygen atoms in total. The number of aromatic hydroxyl groups is 1. The quantitative estimate of drug-likeness (QED) is 0.827. The SMILES string of the molecule is C=COc1ccccc1C(C)(C)c1ccc(O)cc1. The van der Waals surface area contributed by atoms with E-state index in [-0.39, 0.29) is 11.2 Å². The predicted octanol–water partition coefficient (Wildman–Crippen LogP) is 4.24. The van der Waals surface area contributed by atoms with Crippen molar-refractivity contribution in [1.29, 1.82) is 0 Å². The van der Waals surface area contributed by atoms with Crippen LogP contribution in [0.15, 0.2) is 61.4 Å². The Kier molecular flexibility index (Phi) is 3.61. The van der Waals surface area contributed by atoms with Gasteiger partial charge in [0.15, 0.2) is 0 Å². The molecular weight excluding hydrogens is 236 g/mol. The molecule has 0 saturated heterocycles. The fraction of sp³-hybridized carbons (Fsp3) is 0.176. The summed E-state index contributed by atoms with van der Waals surface area (Å²) in [5.41, 5.74) is 1.99. The maximum Gasteiger partial charge on any atom is 0.130 e. The van der Waals surface area contributed by atoms with Crippen molar-refractivity contribution in [3.05, 3.63) is 72.5 Å². The molecule has 2 heteroatoms. The van der Waals surface area contributed by atoms with Crippen molar-refractivity contribution in [3.63, 3.8) is 0 Å². The molecule has 0 radical (unpaired) electrons. The van der Waals surface area contributed by atoms with E-state index < -0.39 is 0 Å². The van der Waals surface area contributed by atoms with Gasteiger partial charge >= 0.3 is 0 Å². The van der Waals surface area contributed by atoms with E-state index in [0.717, 1.165) is 16.9 Å². The molecule has 19 heavy (non-hydrogen) atoms. The van der Waals surface area contributed by atoms with Crippen LogP contribution in [-0.4, -0.2) is 5.11 Å². The minimum absolute atomic E-state index is 0.215. The van der Waals surface area contributed by atoms with Crippen molar-refractivity contribution in [3.8, 4) is 11.5 Å². The maximum absolute atomic E-state index is 9.39. The second-order valence-electron chi connectivity index (χ2n) is 4.95. The third-order valence-electron chi connectivity index (χ3n) is 3.36. The summed E-state index contributed by atoms with van der Waals surface area (Å²) in [4.78, 5) is 0. The fourth-order valence-corrected chi connectivity index (χ4v) is 2.21. The van der Waals surface area contributed by atoms with Gasteiger partial charge in [-0.1, -0.05) is 50.8 Å². The Morgan fingerprint density at radius 2 is 1.68 bits per heavy atom. The molecule has 2 aromatic rings. The molecule has 0 fully saturated rings. The van der Waals surface area contributed by atoms with E-state index in [2.05, 4.69) is 20.4 Å². The number of hydrogen-bond donors (Lipinski definition) is 1. The monoisotopic (exact) mass is 254 g/mol. The Morgan fingerprint density at radius 3 is 2.32 bits per heavy atom. The van der Waals surface area contributed by atoms with E-state index in [1.165, 1.54) is 6.26 Å². The molecule has 0 aliphatic heterocycles. The van der Waals surface area contributed by atoms with Crippen molar-refractivity contribution < 1.29 is 9.84 Å². The minimum atomic E-state index is -0.215. The van der Waals surface area contributed by atoms with Crippen LogP contribution < -0.4 is 4.74 Å². The van der Waals surface area contributed by atoms with Crippen LogP contribution in [0.1, 0.15) is 25.0 Å². The van der Waals surface area contributed by atoms with Gasteiger partial charge < -0.3 is 9.84 Å². The van der Waals surface area contributed by atoms with Gasteiger partial charge in [-0.05, 0) is 23.8 Å². The van der Waals surface area contributed by atoms with Crippen LogP contribution in [0.4, 0.5) is 0 Å². The zero-order chi connectivity index (χ0) is 13.9. The van der Waals surface area contributed by atoms with Crippen molar-refractivity contribution in [2.75, 3.05) is 0 Å². The van der Waals surface area contributed by atoms with Crippen LogP contribution in [0.25, 0.3) is 0 Å². The van der Waals surface area contributed by atoms with Gasteiger partial charge in [0, 0.05) is 11.0 Å². The normalized spacial score (nSPS) is 11.1. The molecule has 1 N–H and O–H groups in total. The van der Waals surface area contributed by atoms with Gasteiger partial charge in [-0.15, -0.1) is 0 Å². The Hall–Kier alpha value is -2.22. The van der Waals surface area contributed by atoms with E-state index in [1.807, 2.05) is 36.4 Å². The molecule has 2 rings (SSSR count). The molecule has 0 atom stereocenters. The maximum atomic E-state index is 9.39. The average Bonchev–Trinajstić information content (AvgIpc) is 2.40. The van der Waals surface area contributed by atoms with Gasteiger partial charge in [0.2, 0.25) is 0 Å². The Bertz CT molecular complexity index is 568. The first-order chi connectivity index (χ1) is 9.05. The highest BCUT2D eigenvalue weighted by atomic mass is 16.5. The standard InChI is InChI=1S/C17H18O2/c1-4-19-16-8-6-5-7-15(16)17(2,3)13-9-11-14(18)12-10-13/h4-12,18H,1H2,2-3H3. The van der Waals surface area contributed by atoms with E-state index in [0.29, 0.717) is 0 Å².